The predicted octanol–water partition coefficient (Wildman–Crippen LogP) is -0.424. The molecule has 1 amide bonds. The maximum atomic E-state index is 10.9. The number of hydrogen-bond acceptors (Lipinski definition) is 3. The number of likely N-dealkylation sites (N-methyl/N-ethyl adjacent to an activating group) is 1. The Labute approximate surface area is 66.8 Å². The highest BCUT2D eigenvalue weighted by atomic mass is 16.2. The molecule has 0 rings (SSSR count). The van der Waals surface area contributed by atoms with Crippen molar-refractivity contribution in [3.05, 3.63) is 0 Å². The average Bonchev–Trinajstić information content (AvgIpc) is 1.85. The van der Waals surface area contributed by atoms with Crippen LogP contribution in [0.25, 0.3) is 0 Å². The van der Waals surface area contributed by atoms with Gasteiger partial charge in [-0.3, -0.25) is 4.79 Å². The molecule has 0 aliphatic heterocycles. The van der Waals surface area contributed by atoms with Crippen molar-refractivity contribution in [2.75, 3.05) is 20.6 Å². The highest BCUT2D eigenvalue weighted by molar-refractivity contribution is 5.78. The molecular formula is C7H13N3O. The van der Waals surface area contributed by atoms with E-state index >= 15 is 0 Å². The molecule has 0 heterocycles. The molecule has 0 bridgehead atoms. The lowest BCUT2D eigenvalue weighted by Gasteiger charge is -2.10. The summed E-state index contributed by atoms with van der Waals surface area (Å²) in [7, 11) is 3.60. The lowest BCUT2D eigenvalue weighted by molar-refractivity contribution is -0.121. The van der Waals surface area contributed by atoms with Crippen molar-refractivity contribution in [2.24, 2.45) is 0 Å². The van der Waals surface area contributed by atoms with Crippen LogP contribution in [0.5, 0.6) is 0 Å². The molecule has 1 N–H and O–H groups in total. The van der Waals surface area contributed by atoms with Gasteiger partial charge in [0, 0.05) is 0 Å². The number of nitrogens with one attached hydrogen (secondary N) is 1. The minimum atomic E-state index is -0.401. The molecule has 0 aromatic rings. The van der Waals surface area contributed by atoms with Crippen molar-refractivity contribution in [3.63, 3.8) is 0 Å². The van der Waals surface area contributed by atoms with E-state index in [4.69, 9.17) is 5.26 Å². The molecule has 0 aromatic heterocycles. The Morgan fingerprint density at radius 1 is 1.73 bits per heavy atom. The van der Waals surface area contributed by atoms with Crippen LogP contribution in [-0.4, -0.2) is 37.5 Å². The summed E-state index contributed by atoms with van der Waals surface area (Å²) in [5.41, 5.74) is 0. The third-order valence-electron chi connectivity index (χ3n) is 1.03. The van der Waals surface area contributed by atoms with Crippen molar-refractivity contribution < 1.29 is 4.79 Å². The van der Waals surface area contributed by atoms with Gasteiger partial charge in [0.1, 0.15) is 6.04 Å². The largest absolute Gasteiger partial charge is 0.340 e. The number of hydrogen-bond donors (Lipinski definition) is 1. The number of nitrogens with zero attached hydrogens (tertiary/aromatic N) is 2. The lowest BCUT2D eigenvalue weighted by atomic mass is 10.4. The monoisotopic (exact) mass is 155 g/mol. The molecular weight excluding hydrogens is 142 g/mol. The molecule has 0 aromatic carbocycles. The summed E-state index contributed by atoms with van der Waals surface area (Å²) >= 11 is 0. The quantitative estimate of drug-likeness (QED) is 0.602. The van der Waals surface area contributed by atoms with Crippen LogP contribution in [0.1, 0.15) is 6.92 Å². The van der Waals surface area contributed by atoms with E-state index in [9.17, 15) is 4.79 Å². The van der Waals surface area contributed by atoms with Crippen LogP contribution >= 0.6 is 0 Å². The molecule has 0 aliphatic carbocycles. The van der Waals surface area contributed by atoms with Crippen LogP contribution in [0.4, 0.5) is 0 Å². The van der Waals surface area contributed by atoms with Crippen LogP contribution in [0.3, 0.4) is 0 Å². The van der Waals surface area contributed by atoms with Crippen LogP contribution in [0.2, 0.25) is 0 Å². The summed E-state index contributed by atoms with van der Waals surface area (Å²) in [6, 6.07) is 1.52. The first-order valence-electron chi connectivity index (χ1n) is 3.40. The third-order valence-corrected chi connectivity index (χ3v) is 1.03. The molecule has 0 spiro atoms. The van der Waals surface area contributed by atoms with Crippen LogP contribution in [0.15, 0.2) is 0 Å². The second-order valence-electron chi connectivity index (χ2n) is 2.66. The number of nitriles is 1. The molecule has 62 valence electrons. The van der Waals surface area contributed by atoms with Crippen molar-refractivity contribution in [1.82, 2.24) is 10.2 Å². The van der Waals surface area contributed by atoms with E-state index in [1.165, 1.54) is 0 Å². The van der Waals surface area contributed by atoms with Gasteiger partial charge in [-0.25, -0.2) is 0 Å². The molecule has 0 radical (unpaired) electrons. The van der Waals surface area contributed by atoms with Gasteiger partial charge in [0.15, 0.2) is 0 Å². The SMILES string of the molecule is C[C@H](C#N)NC(=O)CN(C)C. The Balaban J connectivity index is 3.63. The molecule has 0 aliphatic rings. The Morgan fingerprint density at radius 3 is 2.64 bits per heavy atom. The summed E-state index contributed by atoms with van der Waals surface area (Å²) in [6.07, 6.45) is 0. The number of amides is 1. The molecule has 4 nitrogen and oxygen atoms in total. The van der Waals surface area contributed by atoms with Gasteiger partial charge >= 0.3 is 0 Å². The van der Waals surface area contributed by atoms with Crippen molar-refractivity contribution in [2.45, 2.75) is 13.0 Å². The predicted molar refractivity (Wildman–Crippen MR) is 41.8 cm³/mol. The van der Waals surface area contributed by atoms with Crippen LogP contribution in [0, 0.1) is 11.3 Å². The molecule has 0 fully saturated rings. The fraction of sp³-hybridized carbons (Fsp3) is 0.714. The van der Waals surface area contributed by atoms with Crippen molar-refractivity contribution in [1.29, 1.82) is 5.26 Å². The van der Waals surface area contributed by atoms with Gasteiger partial charge in [-0.1, -0.05) is 0 Å². The van der Waals surface area contributed by atoms with Gasteiger partial charge in [-0.05, 0) is 21.0 Å². The van der Waals surface area contributed by atoms with Gasteiger partial charge in [-0.15, -0.1) is 0 Å². The summed E-state index contributed by atoms with van der Waals surface area (Å²) in [6.45, 7) is 1.97. The zero-order chi connectivity index (χ0) is 8.85. The number of carbonyl (C=O) groups is 1. The minimum Gasteiger partial charge on any atom is -0.340 e. The zero-order valence-corrected chi connectivity index (χ0v) is 7.09. The number of carbonyl (C=O) groups excluding carboxylic acids is 1. The maximum Gasteiger partial charge on any atom is 0.235 e. The van der Waals surface area contributed by atoms with E-state index in [-0.39, 0.29) is 5.91 Å². The normalized spacial score (nSPS) is 12.3. The Morgan fingerprint density at radius 2 is 2.27 bits per heavy atom. The zero-order valence-electron chi connectivity index (χ0n) is 7.09. The van der Waals surface area contributed by atoms with Gasteiger partial charge in [-0.2, -0.15) is 5.26 Å². The molecule has 0 unspecified atom stereocenters. The average molecular weight is 155 g/mol. The minimum absolute atomic E-state index is 0.121. The topological polar surface area (TPSA) is 56.1 Å². The number of rotatable bonds is 3. The second kappa shape index (κ2) is 4.69. The first-order valence-corrected chi connectivity index (χ1v) is 3.40. The van der Waals surface area contributed by atoms with Gasteiger partial charge in [0.2, 0.25) is 5.91 Å². The molecule has 0 saturated carbocycles. The van der Waals surface area contributed by atoms with Crippen molar-refractivity contribution >= 4 is 5.91 Å². The standard InChI is InChI=1S/C7H13N3O/c1-6(4-8)9-7(11)5-10(2)3/h6H,5H2,1-3H3,(H,9,11)/t6-/m1/s1. The van der Waals surface area contributed by atoms with E-state index < -0.39 is 6.04 Å². The third kappa shape index (κ3) is 5.37. The summed E-state index contributed by atoms with van der Waals surface area (Å²) < 4.78 is 0. The van der Waals surface area contributed by atoms with Gasteiger partial charge in [0.25, 0.3) is 0 Å². The molecule has 0 saturated heterocycles. The summed E-state index contributed by atoms with van der Waals surface area (Å²) in [4.78, 5) is 12.7. The van der Waals surface area contributed by atoms with E-state index in [1.807, 2.05) is 6.07 Å². The fourth-order valence-electron chi connectivity index (χ4n) is 0.607. The lowest BCUT2D eigenvalue weighted by Crippen LogP contribution is -2.37. The summed E-state index contributed by atoms with van der Waals surface area (Å²) in [5.74, 6) is -0.121. The van der Waals surface area contributed by atoms with Crippen LogP contribution in [-0.2, 0) is 4.79 Å². The van der Waals surface area contributed by atoms with E-state index in [1.54, 1.807) is 25.9 Å². The highest BCUT2D eigenvalue weighted by Crippen LogP contribution is 1.79. The highest BCUT2D eigenvalue weighted by Gasteiger charge is 2.05. The van der Waals surface area contributed by atoms with Gasteiger partial charge in [0.05, 0.1) is 12.6 Å². The summed E-state index contributed by atoms with van der Waals surface area (Å²) in [5, 5.41) is 10.9. The van der Waals surface area contributed by atoms with E-state index in [0.29, 0.717) is 6.54 Å². The first-order chi connectivity index (χ1) is 5.06. The fourth-order valence-corrected chi connectivity index (χ4v) is 0.607. The molecule has 4 heteroatoms. The Kier molecular flexibility index (Phi) is 4.23. The Bertz CT molecular complexity index is 171. The molecule has 1 atom stereocenters. The van der Waals surface area contributed by atoms with E-state index in [0.717, 1.165) is 0 Å². The van der Waals surface area contributed by atoms with Crippen LogP contribution < -0.4 is 5.32 Å². The maximum absolute atomic E-state index is 10.9. The molecule has 11 heavy (non-hydrogen) atoms. The first kappa shape index (κ1) is 9.92. The smallest absolute Gasteiger partial charge is 0.235 e. The Hall–Kier alpha value is -1.08. The van der Waals surface area contributed by atoms with E-state index in [2.05, 4.69) is 5.32 Å². The van der Waals surface area contributed by atoms with Gasteiger partial charge < -0.3 is 10.2 Å². The second-order valence-corrected chi connectivity index (χ2v) is 2.66. The van der Waals surface area contributed by atoms with Crippen molar-refractivity contribution in [3.8, 4) is 6.07 Å².